The molecule has 0 spiro atoms. The highest BCUT2D eigenvalue weighted by atomic mass is 32.2. The lowest BCUT2D eigenvalue weighted by Gasteiger charge is -2.22. The fourth-order valence-electron chi connectivity index (χ4n) is 4.16. The number of hydrogen-bond donors (Lipinski definition) is 0. The van der Waals surface area contributed by atoms with Crippen molar-refractivity contribution in [1.82, 2.24) is 14.5 Å². The van der Waals surface area contributed by atoms with E-state index in [1.54, 1.807) is 15.5 Å². The molecule has 0 unspecified atom stereocenters. The number of hydrogen-bond acceptors (Lipinski definition) is 4. The van der Waals surface area contributed by atoms with Gasteiger partial charge in [0.1, 0.15) is 5.82 Å². The first-order valence-electron chi connectivity index (χ1n) is 10.7. The molecule has 1 fully saturated rings. The molecular weight excluding hydrogens is 413 g/mol. The second kappa shape index (κ2) is 9.64. The standard InChI is InChI=1S/C24H26FN3O2S/c1-2-27(15-17-8-7-9-18(25)14-17)22(29)16-31-24-26-21-13-6-5-12-20(21)23(30)28(24)19-10-3-4-11-19/h5-9,12-14,19H,2-4,10-11,15-16H2,1H3. The molecule has 0 N–H and O–H groups in total. The van der Waals surface area contributed by atoms with Crippen LogP contribution >= 0.6 is 11.8 Å². The van der Waals surface area contributed by atoms with Crippen LogP contribution in [0.2, 0.25) is 0 Å². The molecule has 1 aromatic heterocycles. The van der Waals surface area contributed by atoms with Gasteiger partial charge in [-0.25, -0.2) is 9.37 Å². The van der Waals surface area contributed by atoms with E-state index in [1.165, 1.54) is 23.9 Å². The van der Waals surface area contributed by atoms with Crippen molar-refractivity contribution in [3.63, 3.8) is 0 Å². The summed E-state index contributed by atoms with van der Waals surface area (Å²) in [7, 11) is 0. The van der Waals surface area contributed by atoms with Gasteiger partial charge < -0.3 is 4.90 Å². The van der Waals surface area contributed by atoms with Crippen LogP contribution in [0.3, 0.4) is 0 Å². The Hall–Kier alpha value is -2.67. The summed E-state index contributed by atoms with van der Waals surface area (Å²) in [6.45, 7) is 2.79. The largest absolute Gasteiger partial charge is 0.338 e. The summed E-state index contributed by atoms with van der Waals surface area (Å²) < 4.78 is 15.3. The molecule has 1 amide bonds. The van der Waals surface area contributed by atoms with E-state index in [2.05, 4.69) is 0 Å². The van der Waals surface area contributed by atoms with E-state index in [-0.39, 0.29) is 29.1 Å². The number of aromatic nitrogens is 2. The SMILES string of the molecule is CCN(Cc1cccc(F)c1)C(=O)CSc1nc2ccccc2c(=O)n1C1CCCC1. The fraction of sp³-hybridized carbons (Fsp3) is 0.375. The van der Waals surface area contributed by atoms with Crippen LogP contribution in [0, 0.1) is 5.82 Å². The minimum absolute atomic E-state index is 0.0282. The molecule has 162 valence electrons. The molecule has 5 nitrogen and oxygen atoms in total. The summed E-state index contributed by atoms with van der Waals surface area (Å²) in [4.78, 5) is 32.6. The van der Waals surface area contributed by atoms with Crippen LogP contribution in [0.4, 0.5) is 4.39 Å². The summed E-state index contributed by atoms with van der Waals surface area (Å²) in [5.41, 5.74) is 1.38. The van der Waals surface area contributed by atoms with Gasteiger partial charge in [-0.05, 0) is 49.6 Å². The van der Waals surface area contributed by atoms with E-state index < -0.39 is 0 Å². The number of fused-ring (bicyclic) bond motifs is 1. The van der Waals surface area contributed by atoms with Crippen molar-refractivity contribution in [3.8, 4) is 0 Å². The predicted octanol–water partition coefficient (Wildman–Crippen LogP) is 4.79. The maximum Gasteiger partial charge on any atom is 0.262 e. The second-order valence-electron chi connectivity index (χ2n) is 7.85. The van der Waals surface area contributed by atoms with Crippen molar-refractivity contribution in [1.29, 1.82) is 0 Å². The Morgan fingerprint density at radius 1 is 1.19 bits per heavy atom. The Balaban J connectivity index is 1.56. The Bertz CT molecular complexity index is 1140. The number of amides is 1. The summed E-state index contributed by atoms with van der Waals surface area (Å²) in [6.07, 6.45) is 4.12. The summed E-state index contributed by atoms with van der Waals surface area (Å²) in [5, 5.41) is 1.22. The summed E-state index contributed by atoms with van der Waals surface area (Å²) >= 11 is 1.31. The van der Waals surface area contributed by atoms with E-state index in [1.807, 2.05) is 37.3 Å². The van der Waals surface area contributed by atoms with E-state index in [0.717, 1.165) is 31.2 Å². The molecule has 0 saturated heterocycles. The van der Waals surface area contributed by atoms with Crippen LogP contribution in [0.15, 0.2) is 58.5 Å². The van der Waals surface area contributed by atoms with Gasteiger partial charge in [0.25, 0.3) is 5.56 Å². The van der Waals surface area contributed by atoms with Gasteiger partial charge in [0.15, 0.2) is 5.16 Å². The molecule has 4 rings (SSSR count). The monoisotopic (exact) mass is 439 g/mol. The molecular formula is C24H26FN3O2S. The smallest absolute Gasteiger partial charge is 0.262 e. The van der Waals surface area contributed by atoms with E-state index in [4.69, 9.17) is 4.98 Å². The average Bonchev–Trinajstić information content (AvgIpc) is 3.30. The minimum Gasteiger partial charge on any atom is -0.338 e. The molecule has 1 aliphatic carbocycles. The highest BCUT2D eigenvalue weighted by Gasteiger charge is 2.24. The van der Waals surface area contributed by atoms with Gasteiger partial charge in [-0.2, -0.15) is 0 Å². The van der Waals surface area contributed by atoms with Gasteiger partial charge in [-0.1, -0.05) is 48.9 Å². The van der Waals surface area contributed by atoms with Crippen LogP contribution in [0.25, 0.3) is 10.9 Å². The third kappa shape index (κ3) is 4.82. The van der Waals surface area contributed by atoms with Crippen LogP contribution < -0.4 is 5.56 Å². The molecule has 0 bridgehead atoms. The molecule has 0 radical (unpaired) electrons. The topological polar surface area (TPSA) is 55.2 Å². The molecule has 2 aromatic carbocycles. The Morgan fingerprint density at radius 3 is 2.71 bits per heavy atom. The quantitative estimate of drug-likeness (QED) is 0.392. The highest BCUT2D eigenvalue weighted by molar-refractivity contribution is 7.99. The zero-order valence-electron chi connectivity index (χ0n) is 17.6. The van der Waals surface area contributed by atoms with Crippen LogP contribution in [0.1, 0.15) is 44.2 Å². The molecule has 0 aliphatic heterocycles. The predicted molar refractivity (Wildman–Crippen MR) is 122 cm³/mol. The molecule has 31 heavy (non-hydrogen) atoms. The Morgan fingerprint density at radius 2 is 1.97 bits per heavy atom. The molecule has 7 heteroatoms. The summed E-state index contributed by atoms with van der Waals surface area (Å²) in [6, 6.07) is 13.8. The zero-order valence-corrected chi connectivity index (χ0v) is 18.4. The first-order valence-corrected chi connectivity index (χ1v) is 11.7. The lowest BCUT2D eigenvalue weighted by Crippen LogP contribution is -2.32. The number of para-hydroxylation sites is 1. The van der Waals surface area contributed by atoms with E-state index in [0.29, 0.717) is 29.1 Å². The van der Waals surface area contributed by atoms with Gasteiger partial charge in [-0.3, -0.25) is 14.2 Å². The van der Waals surface area contributed by atoms with Crippen molar-refractivity contribution in [3.05, 3.63) is 70.3 Å². The highest BCUT2D eigenvalue weighted by Crippen LogP contribution is 2.32. The van der Waals surface area contributed by atoms with Crippen molar-refractivity contribution < 1.29 is 9.18 Å². The number of halogens is 1. The number of carbonyl (C=O) groups is 1. The third-order valence-corrected chi connectivity index (χ3v) is 6.72. The maximum absolute atomic E-state index is 13.5. The zero-order chi connectivity index (χ0) is 21.8. The van der Waals surface area contributed by atoms with Crippen molar-refractivity contribution in [2.24, 2.45) is 0 Å². The number of nitrogens with zero attached hydrogens (tertiary/aromatic N) is 3. The molecule has 0 atom stereocenters. The Labute approximate surface area is 185 Å². The average molecular weight is 440 g/mol. The lowest BCUT2D eigenvalue weighted by molar-refractivity contribution is -0.128. The Kier molecular flexibility index (Phi) is 6.70. The maximum atomic E-state index is 13.5. The minimum atomic E-state index is -0.309. The van der Waals surface area contributed by atoms with Crippen molar-refractivity contribution >= 4 is 28.6 Å². The number of benzene rings is 2. The number of thioether (sulfide) groups is 1. The van der Waals surface area contributed by atoms with E-state index >= 15 is 0 Å². The number of rotatable bonds is 7. The first kappa shape index (κ1) is 21.6. The van der Waals surface area contributed by atoms with Gasteiger partial charge in [0.2, 0.25) is 5.91 Å². The van der Waals surface area contributed by atoms with Crippen molar-refractivity contribution in [2.45, 2.75) is 50.4 Å². The third-order valence-electron chi connectivity index (χ3n) is 5.79. The lowest BCUT2D eigenvalue weighted by atomic mass is 10.2. The van der Waals surface area contributed by atoms with Crippen LogP contribution in [-0.4, -0.2) is 32.7 Å². The molecule has 3 aromatic rings. The molecule has 1 aliphatic rings. The van der Waals surface area contributed by atoms with Gasteiger partial charge in [0.05, 0.1) is 16.7 Å². The number of carbonyl (C=O) groups excluding carboxylic acids is 1. The normalized spacial score (nSPS) is 14.3. The second-order valence-corrected chi connectivity index (χ2v) is 8.79. The van der Waals surface area contributed by atoms with Gasteiger partial charge in [-0.15, -0.1) is 0 Å². The fourth-order valence-corrected chi connectivity index (χ4v) is 5.13. The van der Waals surface area contributed by atoms with Crippen LogP contribution in [0.5, 0.6) is 0 Å². The summed E-state index contributed by atoms with van der Waals surface area (Å²) in [5.74, 6) is -0.186. The van der Waals surface area contributed by atoms with Crippen LogP contribution in [-0.2, 0) is 11.3 Å². The van der Waals surface area contributed by atoms with Crippen molar-refractivity contribution in [2.75, 3.05) is 12.3 Å². The van der Waals surface area contributed by atoms with Gasteiger partial charge in [0, 0.05) is 19.1 Å². The molecule has 1 heterocycles. The van der Waals surface area contributed by atoms with Gasteiger partial charge >= 0.3 is 0 Å². The van der Waals surface area contributed by atoms with E-state index in [9.17, 15) is 14.0 Å². The molecule has 1 saturated carbocycles. The first-order chi connectivity index (χ1) is 15.1.